The van der Waals surface area contributed by atoms with Gasteiger partial charge in [-0.3, -0.25) is 0 Å². The van der Waals surface area contributed by atoms with Gasteiger partial charge in [0.05, 0.1) is 16.7 Å². The molecule has 0 aliphatic heterocycles. The quantitative estimate of drug-likeness (QED) is 0.768. The van der Waals surface area contributed by atoms with E-state index in [1.54, 1.807) is 6.07 Å². The second-order valence-electron chi connectivity index (χ2n) is 5.41. The van der Waals surface area contributed by atoms with Gasteiger partial charge in [-0.15, -0.1) is 0 Å². The Bertz CT molecular complexity index is 722. The SMILES string of the molecule is CCOC(=O)c1cc2c(n1Cc1ccc(Cl)c(Cl)c1)CCC2. The van der Waals surface area contributed by atoms with Gasteiger partial charge in [-0.2, -0.15) is 0 Å². The topological polar surface area (TPSA) is 31.2 Å². The third-order valence-electron chi connectivity index (χ3n) is 3.97. The number of aromatic nitrogens is 1. The molecule has 0 spiro atoms. The Labute approximate surface area is 139 Å². The molecule has 0 atom stereocenters. The second kappa shape index (κ2) is 6.35. The fraction of sp³-hybridized carbons (Fsp3) is 0.353. The summed E-state index contributed by atoms with van der Waals surface area (Å²) in [4.78, 5) is 12.2. The van der Waals surface area contributed by atoms with Crippen LogP contribution in [0, 0.1) is 0 Å². The van der Waals surface area contributed by atoms with Crippen molar-refractivity contribution in [2.75, 3.05) is 6.61 Å². The number of aryl methyl sites for hydroxylation is 1. The minimum Gasteiger partial charge on any atom is -0.461 e. The van der Waals surface area contributed by atoms with E-state index in [1.165, 1.54) is 11.3 Å². The standard InChI is InChI=1S/C17H17Cl2NO2/c1-2-22-17(21)16-9-12-4-3-5-15(12)20(16)10-11-6-7-13(18)14(19)8-11/h6-9H,2-5,10H2,1H3. The van der Waals surface area contributed by atoms with E-state index in [2.05, 4.69) is 4.57 Å². The summed E-state index contributed by atoms with van der Waals surface area (Å²) in [5.41, 5.74) is 4.13. The fourth-order valence-electron chi connectivity index (χ4n) is 2.98. The lowest BCUT2D eigenvalue weighted by atomic mass is 10.2. The molecule has 0 unspecified atom stereocenters. The molecule has 22 heavy (non-hydrogen) atoms. The highest BCUT2D eigenvalue weighted by Crippen LogP contribution is 2.29. The van der Waals surface area contributed by atoms with Gasteiger partial charge in [-0.25, -0.2) is 4.79 Å². The van der Waals surface area contributed by atoms with Crippen molar-refractivity contribution in [3.05, 3.63) is 56.8 Å². The molecular formula is C17H17Cl2NO2. The molecule has 1 aromatic carbocycles. The smallest absolute Gasteiger partial charge is 0.354 e. The molecule has 3 rings (SSSR count). The number of benzene rings is 1. The summed E-state index contributed by atoms with van der Waals surface area (Å²) < 4.78 is 7.23. The zero-order valence-corrected chi connectivity index (χ0v) is 13.9. The van der Waals surface area contributed by atoms with Gasteiger partial charge in [0.15, 0.2) is 0 Å². The van der Waals surface area contributed by atoms with Gasteiger partial charge in [0.2, 0.25) is 0 Å². The van der Waals surface area contributed by atoms with E-state index in [0.29, 0.717) is 28.9 Å². The highest BCUT2D eigenvalue weighted by Gasteiger charge is 2.24. The van der Waals surface area contributed by atoms with E-state index >= 15 is 0 Å². The number of nitrogens with zero attached hydrogens (tertiary/aromatic N) is 1. The number of hydrogen-bond donors (Lipinski definition) is 0. The Hall–Kier alpha value is -1.45. The zero-order valence-electron chi connectivity index (χ0n) is 12.4. The highest BCUT2D eigenvalue weighted by atomic mass is 35.5. The average molecular weight is 338 g/mol. The second-order valence-corrected chi connectivity index (χ2v) is 6.22. The largest absolute Gasteiger partial charge is 0.461 e. The third kappa shape index (κ3) is 2.88. The zero-order chi connectivity index (χ0) is 15.7. The van der Waals surface area contributed by atoms with Gasteiger partial charge in [0.25, 0.3) is 0 Å². The molecule has 1 aliphatic carbocycles. The Morgan fingerprint density at radius 3 is 2.77 bits per heavy atom. The van der Waals surface area contributed by atoms with Crippen LogP contribution in [-0.2, 0) is 24.1 Å². The lowest BCUT2D eigenvalue weighted by Gasteiger charge is -2.12. The molecule has 0 saturated heterocycles. The molecule has 0 saturated carbocycles. The molecule has 1 heterocycles. The van der Waals surface area contributed by atoms with E-state index in [1.807, 2.05) is 25.1 Å². The minimum atomic E-state index is -0.267. The first-order valence-corrected chi connectivity index (χ1v) is 8.18. The first-order chi connectivity index (χ1) is 10.6. The maximum Gasteiger partial charge on any atom is 0.354 e. The van der Waals surface area contributed by atoms with E-state index in [-0.39, 0.29) is 5.97 Å². The van der Waals surface area contributed by atoms with Crippen molar-refractivity contribution in [2.45, 2.75) is 32.7 Å². The molecule has 1 aliphatic rings. The van der Waals surface area contributed by atoms with Crippen LogP contribution in [0.3, 0.4) is 0 Å². The fourth-order valence-corrected chi connectivity index (χ4v) is 3.30. The van der Waals surface area contributed by atoms with Crippen LogP contribution in [0.5, 0.6) is 0 Å². The number of carbonyl (C=O) groups is 1. The molecule has 1 aromatic heterocycles. The number of rotatable bonds is 4. The summed E-state index contributed by atoms with van der Waals surface area (Å²) in [7, 11) is 0. The summed E-state index contributed by atoms with van der Waals surface area (Å²) >= 11 is 12.1. The van der Waals surface area contributed by atoms with Crippen molar-refractivity contribution < 1.29 is 9.53 Å². The van der Waals surface area contributed by atoms with Crippen LogP contribution in [0.1, 0.15) is 40.7 Å². The van der Waals surface area contributed by atoms with E-state index < -0.39 is 0 Å². The van der Waals surface area contributed by atoms with E-state index in [0.717, 1.165) is 24.8 Å². The van der Waals surface area contributed by atoms with Crippen LogP contribution in [0.15, 0.2) is 24.3 Å². The first-order valence-electron chi connectivity index (χ1n) is 7.42. The van der Waals surface area contributed by atoms with E-state index in [9.17, 15) is 4.79 Å². The summed E-state index contributed by atoms with van der Waals surface area (Å²) in [6, 6.07) is 7.54. The molecule has 116 valence electrons. The van der Waals surface area contributed by atoms with Gasteiger partial charge >= 0.3 is 5.97 Å². The Kier molecular flexibility index (Phi) is 4.46. The predicted octanol–water partition coefficient (Wildman–Crippen LogP) is 4.51. The Balaban J connectivity index is 1.97. The van der Waals surface area contributed by atoms with Gasteiger partial charge in [-0.05, 0) is 55.5 Å². The molecule has 0 bridgehead atoms. The molecule has 2 aromatic rings. The van der Waals surface area contributed by atoms with Gasteiger partial charge in [-0.1, -0.05) is 29.3 Å². The summed E-state index contributed by atoms with van der Waals surface area (Å²) in [6.07, 6.45) is 3.15. The number of ether oxygens (including phenoxy) is 1. The third-order valence-corrected chi connectivity index (χ3v) is 4.71. The van der Waals surface area contributed by atoms with Crippen molar-refractivity contribution in [3.8, 4) is 0 Å². The lowest BCUT2D eigenvalue weighted by Crippen LogP contribution is -2.14. The summed E-state index contributed by atoms with van der Waals surface area (Å²) in [5.74, 6) is -0.267. The van der Waals surface area contributed by atoms with Gasteiger partial charge in [0, 0.05) is 12.2 Å². The maximum atomic E-state index is 12.2. The van der Waals surface area contributed by atoms with Crippen LogP contribution in [0.4, 0.5) is 0 Å². The minimum absolute atomic E-state index is 0.267. The average Bonchev–Trinajstić information content (AvgIpc) is 3.06. The highest BCUT2D eigenvalue weighted by molar-refractivity contribution is 6.42. The van der Waals surface area contributed by atoms with Crippen LogP contribution >= 0.6 is 23.2 Å². The van der Waals surface area contributed by atoms with Crippen molar-refractivity contribution in [3.63, 3.8) is 0 Å². The predicted molar refractivity (Wildman–Crippen MR) is 88.0 cm³/mol. The van der Waals surface area contributed by atoms with Crippen molar-refractivity contribution in [2.24, 2.45) is 0 Å². The number of hydrogen-bond acceptors (Lipinski definition) is 2. The molecule has 0 fully saturated rings. The lowest BCUT2D eigenvalue weighted by molar-refractivity contribution is 0.0514. The molecule has 0 N–H and O–H groups in total. The molecule has 5 heteroatoms. The van der Waals surface area contributed by atoms with Gasteiger partial charge in [0.1, 0.15) is 5.69 Å². The van der Waals surface area contributed by atoms with Gasteiger partial charge < -0.3 is 9.30 Å². The van der Waals surface area contributed by atoms with Crippen LogP contribution < -0.4 is 0 Å². The van der Waals surface area contributed by atoms with Crippen molar-refractivity contribution in [1.82, 2.24) is 4.57 Å². The van der Waals surface area contributed by atoms with Crippen molar-refractivity contribution >= 4 is 29.2 Å². The maximum absolute atomic E-state index is 12.2. The van der Waals surface area contributed by atoms with Crippen molar-refractivity contribution in [1.29, 1.82) is 0 Å². The molecule has 3 nitrogen and oxygen atoms in total. The first kappa shape index (κ1) is 15.4. The van der Waals surface area contributed by atoms with Crippen LogP contribution in [0.25, 0.3) is 0 Å². The normalized spacial score (nSPS) is 13.2. The monoisotopic (exact) mass is 337 g/mol. The van der Waals surface area contributed by atoms with E-state index in [4.69, 9.17) is 27.9 Å². The molecule has 0 amide bonds. The molecular weight excluding hydrogens is 321 g/mol. The number of carbonyl (C=O) groups excluding carboxylic acids is 1. The number of halogens is 2. The molecule has 0 radical (unpaired) electrons. The summed E-state index contributed by atoms with van der Waals surface area (Å²) in [5, 5.41) is 1.06. The Morgan fingerprint density at radius 2 is 2.05 bits per heavy atom. The van der Waals surface area contributed by atoms with Crippen LogP contribution in [0.2, 0.25) is 10.0 Å². The summed E-state index contributed by atoms with van der Waals surface area (Å²) in [6.45, 7) is 2.79. The van der Waals surface area contributed by atoms with Crippen LogP contribution in [-0.4, -0.2) is 17.1 Å². The number of esters is 1. The Morgan fingerprint density at radius 1 is 1.23 bits per heavy atom. The number of fused-ring (bicyclic) bond motifs is 1.